The number of carbonyl (C=O) groups excluding carboxylic acids is 2. The third-order valence-corrected chi connectivity index (χ3v) is 5.40. The Balaban J connectivity index is 1.54. The van der Waals surface area contributed by atoms with E-state index in [1.54, 1.807) is 0 Å². The minimum atomic E-state index is -0.797. The van der Waals surface area contributed by atoms with E-state index in [0.29, 0.717) is 0 Å². The number of nitro benzene ring substituents is 1. The zero-order valence-corrected chi connectivity index (χ0v) is 19.0. The normalized spacial score (nSPS) is 11.0. The predicted octanol–water partition coefficient (Wildman–Crippen LogP) is 5.02. The fourth-order valence-electron chi connectivity index (χ4n) is 3.28. The second-order valence-electron chi connectivity index (χ2n) is 7.08. The lowest BCUT2D eigenvalue weighted by atomic mass is 10.0. The van der Waals surface area contributed by atoms with Crippen molar-refractivity contribution in [2.24, 2.45) is 5.10 Å². The van der Waals surface area contributed by atoms with Gasteiger partial charge < -0.3 is 9.15 Å². The summed E-state index contributed by atoms with van der Waals surface area (Å²) >= 11 is 3.18. The smallest absolute Gasteiger partial charge is 0.379 e. The lowest BCUT2D eigenvalue weighted by molar-refractivity contribution is -0.385. The van der Waals surface area contributed by atoms with Crippen molar-refractivity contribution in [3.8, 4) is 5.75 Å². The largest absolute Gasteiger partial charge is 0.457 e. The zero-order chi connectivity index (χ0) is 24.1. The Labute approximate surface area is 201 Å². The summed E-state index contributed by atoms with van der Waals surface area (Å²) in [6.07, 6.45) is 2.57. The van der Waals surface area contributed by atoms with Gasteiger partial charge in [-0.05, 0) is 44.4 Å². The number of nitro groups is 1. The highest BCUT2D eigenvalue weighted by Gasteiger charge is 2.20. The maximum atomic E-state index is 12.5. The van der Waals surface area contributed by atoms with Gasteiger partial charge in [0.15, 0.2) is 5.75 Å². The number of non-ortho nitro benzene ring substituents is 1. The van der Waals surface area contributed by atoms with Crippen molar-refractivity contribution < 1.29 is 23.7 Å². The highest BCUT2D eigenvalue weighted by molar-refractivity contribution is 9.10. The number of nitrogens with one attached hydrogen (secondary N) is 1. The van der Waals surface area contributed by atoms with Crippen LogP contribution >= 0.6 is 15.9 Å². The number of benzene rings is 3. The van der Waals surface area contributed by atoms with Crippen LogP contribution in [0.4, 0.5) is 5.69 Å². The first-order valence-electron chi connectivity index (χ1n) is 9.94. The maximum Gasteiger partial charge on any atom is 0.379 e. The van der Waals surface area contributed by atoms with Gasteiger partial charge in [-0.1, -0.05) is 42.5 Å². The number of halogens is 1. The highest BCUT2D eigenvalue weighted by Crippen LogP contribution is 2.33. The minimum absolute atomic E-state index is 0.0148. The van der Waals surface area contributed by atoms with Crippen molar-refractivity contribution in [3.05, 3.63) is 104 Å². The molecular formula is C24H16BrN3O6. The summed E-state index contributed by atoms with van der Waals surface area (Å²) in [5.41, 5.74) is 3.08. The number of amides is 1. The molecule has 0 spiro atoms. The van der Waals surface area contributed by atoms with Crippen LogP contribution in [0.15, 0.2) is 87.0 Å². The molecule has 0 saturated heterocycles. The first-order chi connectivity index (χ1) is 16.4. The van der Waals surface area contributed by atoms with E-state index in [4.69, 9.17) is 9.15 Å². The molecule has 0 aliphatic heterocycles. The number of fused-ring (bicyclic) bond motifs is 1. The summed E-state index contributed by atoms with van der Waals surface area (Å²) < 4.78 is 10.5. The van der Waals surface area contributed by atoms with Crippen LogP contribution in [0.3, 0.4) is 0 Å². The van der Waals surface area contributed by atoms with Crippen molar-refractivity contribution >= 4 is 50.5 Å². The Morgan fingerprint density at radius 3 is 2.68 bits per heavy atom. The van der Waals surface area contributed by atoms with E-state index >= 15 is 0 Å². The second-order valence-corrected chi connectivity index (χ2v) is 7.93. The van der Waals surface area contributed by atoms with Gasteiger partial charge in [0.25, 0.3) is 5.69 Å². The Morgan fingerprint density at radius 1 is 1.12 bits per heavy atom. The number of rotatable bonds is 7. The highest BCUT2D eigenvalue weighted by atomic mass is 79.9. The van der Waals surface area contributed by atoms with Gasteiger partial charge in [0.05, 0.1) is 28.3 Å². The molecule has 0 bridgehead atoms. The van der Waals surface area contributed by atoms with Crippen LogP contribution in [0, 0.1) is 10.1 Å². The number of furan rings is 1. The van der Waals surface area contributed by atoms with E-state index in [0.717, 1.165) is 16.3 Å². The molecule has 0 radical (unpaired) electrons. The van der Waals surface area contributed by atoms with Gasteiger partial charge in [-0.15, -0.1) is 0 Å². The maximum absolute atomic E-state index is 12.5. The summed E-state index contributed by atoms with van der Waals surface area (Å²) in [6.45, 7) is 0. The van der Waals surface area contributed by atoms with Crippen molar-refractivity contribution in [2.45, 2.75) is 6.42 Å². The first kappa shape index (κ1) is 22.9. The summed E-state index contributed by atoms with van der Waals surface area (Å²) in [5, 5.41) is 17.1. The number of hydrazone groups is 1. The fourth-order valence-corrected chi connectivity index (χ4v) is 3.82. The molecule has 0 fully saturated rings. The fraction of sp³-hybridized carbons (Fsp3) is 0.0417. The van der Waals surface area contributed by atoms with Gasteiger partial charge >= 0.3 is 5.97 Å². The monoisotopic (exact) mass is 521 g/mol. The van der Waals surface area contributed by atoms with E-state index in [2.05, 4.69) is 26.5 Å². The molecule has 1 amide bonds. The third kappa shape index (κ3) is 5.18. The number of carbonyl (C=O) groups is 2. The minimum Gasteiger partial charge on any atom is -0.457 e. The van der Waals surface area contributed by atoms with E-state index in [-0.39, 0.29) is 39.6 Å². The second kappa shape index (κ2) is 10.1. The van der Waals surface area contributed by atoms with Gasteiger partial charge in [-0.2, -0.15) is 5.10 Å². The number of hydrogen-bond donors (Lipinski definition) is 1. The van der Waals surface area contributed by atoms with Crippen LogP contribution in [-0.4, -0.2) is 23.0 Å². The summed E-state index contributed by atoms with van der Waals surface area (Å²) in [6, 6.07) is 18.7. The van der Waals surface area contributed by atoms with E-state index in [1.807, 2.05) is 42.5 Å². The molecule has 34 heavy (non-hydrogen) atoms. The zero-order valence-electron chi connectivity index (χ0n) is 17.4. The first-order valence-corrected chi connectivity index (χ1v) is 10.7. The summed E-state index contributed by atoms with van der Waals surface area (Å²) in [4.78, 5) is 35.4. The average Bonchev–Trinajstić information content (AvgIpc) is 3.36. The van der Waals surface area contributed by atoms with E-state index in [1.165, 1.54) is 36.7 Å². The van der Waals surface area contributed by atoms with Crippen LogP contribution in [-0.2, 0) is 11.2 Å². The van der Waals surface area contributed by atoms with Crippen LogP contribution in [0.2, 0.25) is 0 Å². The lowest BCUT2D eigenvalue weighted by Crippen LogP contribution is -2.20. The average molecular weight is 522 g/mol. The number of hydrogen-bond acceptors (Lipinski definition) is 7. The quantitative estimate of drug-likeness (QED) is 0.120. The molecule has 0 saturated carbocycles. The standard InChI is InChI=1S/C24H16BrN3O6/c25-20-13-18(28(31)32)11-17(23(20)34-24(30)21-9-4-10-33-21)14-26-27-22(29)12-16-7-3-6-15-5-1-2-8-19(15)16/h1-11,13-14H,12H2,(H,27,29)/b26-14-. The lowest BCUT2D eigenvalue weighted by Gasteiger charge is -2.09. The third-order valence-electron chi connectivity index (χ3n) is 4.81. The molecule has 1 heterocycles. The number of esters is 1. The molecule has 4 aromatic rings. The molecule has 3 aromatic carbocycles. The van der Waals surface area contributed by atoms with Crippen LogP contribution in [0.1, 0.15) is 21.7 Å². The van der Waals surface area contributed by atoms with Crippen molar-refractivity contribution in [1.82, 2.24) is 5.43 Å². The van der Waals surface area contributed by atoms with Crippen molar-refractivity contribution in [2.75, 3.05) is 0 Å². The van der Waals surface area contributed by atoms with E-state index in [9.17, 15) is 19.7 Å². The Kier molecular flexibility index (Phi) is 6.79. The summed E-state index contributed by atoms with van der Waals surface area (Å²) in [5.74, 6) is -1.24. The van der Waals surface area contributed by atoms with E-state index < -0.39 is 10.9 Å². The van der Waals surface area contributed by atoms with Crippen LogP contribution in [0.5, 0.6) is 5.75 Å². The Morgan fingerprint density at radius 2 is 1.91 bits per heavy atom. The summed E-state index contributed by atoms with van der Waals surface area (Å²) in [7, 11) is 0. The van der Waals surface area contributed by atoms with Crippen molar-refractivity contribution in [3.63, 3.8) is 0 Å². The number of ether oxygens (including phenoxy) is 1. The molecular weight excluding hydrogens is 506 g/mol. The SMILES string of the molecule is O=C(Cc1cccc2ccccc12)N/N=C\c1cc([N+](=O)[O-])cc(Br)c1OC(=O)c1ccco1. The molecule has 0 aliphatic rings. The van der Waals surface area contributed by atoms with Gasteiger partial charge in [0.2, 0.25) is 11.7 Å². The molecule has 1 N–H and O–H groups in total. The van der Waals surface area contributed by atoms with Crippen LogP contribution < -0.4 is 10.2 Å². The Bertz CT molecular complexity index is 1410. The van der Waals surface area contributed by atoms with Gasteiger partial charge in [-0.25, -0.2) is 10.2 Å². The molecule has 170 valence electrons. The molecule has 9 nitrogen and oxygen atoms in total. The van der Waals surface area contributed by atoms with Gasteiger partial charge in [0.1, 0.15) is 0 Å². The molecule has 0 aliphatic carbocycles. The Hall–Kier alpha value is -4.31. The van der Waals surface area contributed by atoms with Gasteiger partial charge in [0, 0.05) is 17.7 Å². The molecule has 0 unspecified atom stereocenters. The van der Waals surface area contributed by atoms with Crippen LogP contribution in [0.25, 0.3) is 10.8 Å². The molecule has 0 atom stereocenters. The topological polar surface area (TPSA) is 124 Å². The van der Waals surface area contributed by atoms with Crippen molar-refractivity contribution in [1.29, 1.82) is 0 Å². The van der Waals surface area contributed by atoms with Gasteiger partial charge in [-0.3, -0.25) is 14.9 Å². The number of nitrogens with zero attached hydrogens (tertiary/aromatic N) is 2. The molecule has 1 aromatic heterocycles. The molecule has 10 heteroatoms. The molecule has 4 rings (SSSR count). The predicted molar refractivity (Wildman–Crippen MR) is 128 cm³/mol.